The molecule has 0 spiro atoms. The van der Waals surface area contributed by atoms with Gasteiger partial charge in [-0.15, -0.1) is 0 Å². The quantitative estimate of drug-likeness (QED) is 0.236. The van der Waals surface area contributed by atoms with Crippen LogP contribution >= 0.6 is 11.3 Å². The number of benzene rings is 3. The predicted octanol–water partition coefficient (Wildman–Crippen LogP) is 5.71. The molecule has 0 aliphatic carbocycles. The summed E-state index contributed by atoms with van der Waals surface area (Å²) in [6, 6.07) is 18.0. The number of aromatic nitrogens is 1. The standard InChI is InChI=1S/C27H21N3O4S/c1-16-8-9-18(12-17(16)2)26(32)30(27-29-22-11-10-20(33-3)13-24(22)35-27)28-14-19-15-34-23-7-5-4-6-21(23)25(19)31/h4-15H,1-3H3/b28-14+. The summed E-state index contributed by atoms with van der Waals surface area (Å²) < 4.78 is 11.7. The molecule has 0 N–H and O–H groups in total. The van der Waals surface area contributed by atoms with Crippen LogP contribution in [0.5, 0.6) is 5.75 Å². The highest BCUT2D eigenvalue weighted by Gasteiger charge is 2.22. The molecule has 0 fully saturated rings. The molecule has 3 aromatic carbocycles. The van der Waals surface area contributed by atoms with Gasteiger partial charge in [-0.2, -0.15) is 10.1 Å². The van der Waals surface area contributed by atoms with Crippen molar-refractivity contribution in [2.24, 2.45) is 5.10 Å². The Morgan fingerprint density at radius 1 is 1.09 bits per heavy atom. The van der Waals surface area contributed by atoms with E-state index in [1.165, 1.54) is 28.8 Å². The summed E-state index contributed by atoms with van der Waals surface area (Å²) in [7, 11) is 1.60. The van der Waals surface area contributed by atoms with E-state index in [1.807, 2.05) is 44.2 Å². The minimum Gasteiger partial charge on any atom is -0.497 e. The Kier molecular flexibility index (Phi) is 5.88. The third-order valence-electron chi connectivity index (χ3n) is 5.73. The van der Waals surface area contributed by atoms with Crippen molar-refractivity contribution in [3.8, 4) is 5.75 Å². The van der Waals surface area contributed by atoms with Crippen LogP contribution in [0, 0.1) is 13.8 Å². The number of aryl methyl sites for hydroxylation is 2. The average molecular weight is 484 g/mol. The smallest absolute Gasteiger partial charge is 0.280 e. The first-order chi connectivity index (χ1) is 16.9. The summed E-state index contributed by atoms with van der Waals surface area (Å²) in [4.78, 5) is 31.1. The molecule has 0 aliphatic rings. The number of ether oxygens (including phenoxy) is 1. The normalized spacial score (nSPS) is 11.4. The van der Waals surface area contributed by atoms with Gasteiger partial charge in [0.2, 0.25) is 10.6 Å². The first-order valence-corrected chi connectivity index (χ1v) is 11.7. The first kappa shape index (κ1) is 22.5. The molecule has 1 amide bonds. The van der Waals surface area contributed by atoms with E-state index in [4.69, 9.17) is 9.15 Å². The van der Waals surface area contributed by atoms with E-state index in [0.29, 0.717) is 32.9 Å². The fraction of sp³-hybridized carbons (Fsp3) is 0.111. The van der Waals surface area contributed by atoms with Crippen LogP contribution in [0.4, 0.5) is 5.13 Å². The molecule has 0 saturated carbocycles. The maximum atomic E-state index is 13.6. The first-order valence-electron chi connectivity index (χ1n) is 10.9. The highest BCUT2D eigenvalue weighted by molar-refractivity contribution is 7.22. The topological polar surface area (TPSA) is 85.0 Å². The molecule has 0 aliphatic heterocycles. The third kappa shape index (κ3) is 4.31. The number of carbonyl (C=O) groups excluding carboxylic acids is 1. The molecule has 0 atom stereocenters. The highest BCUT2D eigenvalue weighted by atomic mass is 32.1. The van der Waals surface area contributed by atoms with E-state index in [0.717, 1.165) is 15.8 Å². The number of fused-ring (bicyclic) bond motifs is 2. The van der Waals surface area contributed by atoms with Crippen LogP contribution in [0.25, 0.3) is 21.2 Å². The number of hydrogen-bond donors (Lipinski definition) is 0. The van der Waals surface area contributed by atoms with Gasteiger partial charge in [-0.25, -0.2) is 4.98 Å². The lowest BCUT2D eigenvalue weighted by atomic mass is 10.1. The summed E-state index contributed by atoms with van der Waals surface area (Å²) in [5.74, 6) is 0.331. The number of methoxy groups -OCH3 is 1. The Balaban J connectivity index is 1.61. The zero-order chi connectivity index (χ0) is 24.5. The zero-order valence-electron chi connectivity index (χ0n) is 19.3. The fourth-order valence-corrected chi connectivity index (χ4v) is 4.55. The monoisotopic (exact) mass is 483 g/mol. The van der Waals surface area contributed by atoms with E-state index in [9.17, 15) is 9.59 Å². The number of para-hydroxylation sites is 1. The van der Waals surface area contributed by atoms with Crippen LogP contribution in [0.15, 0.2) is 81.2 Å². The van der Waals surface area contributed by atoms with Crippen LogP contribution in [0.2, 0.25) is 0 Å². The lowest BCUT2D eigenvalue weighted by Gasteiger charge is -2.14. The van der Waals surface area contributed by atoms with Gasteiger partial charge in [-0.05, 0) is 67.4 Å². The molecule has 0 unspecified atom stereocenters. The summed E-state index contributed by atoms with van der Waals surface area (Å²) in [5.41, 5.74) is 3.73. The van der Waals surface area contributed by atoms with Gasteiger partial charge in [-0.3, -0.25) is 9.59 Å². The van der Waals surface area contributed by atoms with Gasteiger partial charge < -0.3 is 9.15 Å². The van der Waals surface area contributed by atoms with Crippen LogP contribution in [-0.4, -0.2) is 24.2 Å². The minimum absolute atomic E-state index is 0.226. The second-order valence-corrected chi connectivity index (χ2v) is 9.02. The molecule has 174 valence electrons. The molecule has 35 heavy (non-hydrogen) atoms. The Labute approximate surface area is 204 Å². The largest absolute Gasteiger partial charge is 0.497 e. The van der Waals surface area contributed by atoms with Gasteiger partial charge in [0.05, 0.1) is 34.5 Å². The van der Waals surface area contributed by atoms with Crippen molar-refractivity contribution in [2.75, 3.05) is 12.1 Å². The molecule has 2 aromatic heterocycles. The highest BCUT2D eigenvalue weighted by Crippen LogP contribution is 2.32. The van der Waals surface area contributed by atoms with E-state index in [1.54, 1.807) is 37.4 Å². The average Bonchev–Trinajstić information content (AvgIpc) is 3.30. The molecule has 0 bridgehead atoms. The second kappa shape index (κ2) is 9.15. The summed E-state index contributed by atoms with van der Waals surface area (Å²) in [6.45, 7) is 3.93. The molecule has 0 radical (unpaired) electrons. The molecular formula is C27H21N3O4S. The summed E-state index contributed by atoms with van der Waals surface area (Å²) in [5, 5.41) is 6.45. The van der Waals surface area contributed by atoms with Crippen molar-refractivity contribution in [1.29, 1.82) is 0 Å². The summed E-state index contributed by atoms with van der Waals surface area (Å²) in [6.07, 6.45) is 2.68. The van der Waals surface area contributed by atoms with Crippen molar-refractivity contribution in [3.63, 3.8) is 0 Å². The van der Waals surface area contributed by atoms with Crippen molar-refractivity contribution >= 4 is 49.8 Å². The Morgan fingerprint density at radius 2 is 1.91 bits per heavy atom. The van der Waals surface area contributed by atoms with E-state index >= 15 is 0 Å². The van der Waals surface area contributed by atoms with Crippen molar-refractivity contribution in [3.05, 3.63) is 99.4 Å². The van der Waals surface area contributed by atoms with Crippen LogP contribution in [-0.2, 0) is 0 Å². The number of nitrogens with zero attached hydrogens (tertiary/aromatic N) is 3. The number of thiazole rings is 1. The Hall–Kier alpha value is -4.30. The molecular weight excluding hydrogens is 462 g/mol. The van der Waals surface area contributed by atoms with Crippen LogP contribution < -0.4 is 15.2 Å². The molecule has 5 aromatic rings. The van der Waals surface area contributed by atoms with E-state index in [-0.39, 0.29) is 16.9 Å². The molecule has 2 heterocycles. The number of anilines is 1. The number of carbonyl (C=O) groups is 1. The molecule has 8 heteroatoms. The van der Waals surface area contributed by atoms with Gasteiger partial charge in [-0.1, -0.05) is 29.5 Å². The maximum absolute atomic E-state index is 13.6. The van der Waals surface area contributed by atoms with Crippen molar-refractivity contribution in [1.82, 2.24) is 4.98 Å². The SMILES string of the molecule is COc1ccc2nc(N(/N=C/c3coc4ccccc4c3=O)C(=O)c3ccc(C)c(C)c3)sc2c1. The van der Waals surface area contributed by atoms with E-state index < -0.39 is 0 Å². The van der Waals surface area contributed by atoms with Gasteiger partial charge in [0.15, 0.2) is 0 Å². The second-order valence-electron chi connectivity index (χ2n) is 8.01. The third-order valence-corrected chi connectivity index (χ3v) is 6.72. The summed E-state index contributed by atoms with van der Waals surface area (Å²) >= 11 is 1.31. The van der Waals surface area contributed by atoms with Gasteiger partial charge in [0, 0.05) is 5.56 Å². The Morgan fingerprint density at radius 3 is 2.71 bits per heavy atom. The number of hydrazone groups is 1. The van der Waals surface area contributed by atoms with Gasteiger partial charge >= 0.3 is 0 Å². The lowest BCUT2D eigenvalue weighted by Crippen LogP contribution is -2.26. The predicted molar refractivity (Wildman–Crippen MR) is 139 cm³/mol. The minimum atomic E-state index is -0.361. The Bertz CT molecular complexity index is 1670. The lowest BCUT2D eigenvalue weighted by molar-refractivity contribution is 0.0987. The van der Waals surface area contributed by atoms with Gasteiger partial charge in [0.25, 0.3) is 5.91 Å². The fourth-order valence-electron chi connectivity index (χ4n) is 3.60. The number of rotatable bonds is 5. The molecule has 0 saturated heterocycles. The van der Waals surface area contributed by atoms with Crippen molar-refractivity contribution in [2.45, 2.75) is 13.8 Å². The maximum Gasteiger partial charge on any atom is 0.280 e. The van der Waals surface area contributed by atoms with Gasteiger partial charge in [0.1, 0.15) is 17.6 Å². The van der Waals surface area contributed by atoms with E-state index in [2.05, 4.69) is 10.1 Å². The number of hydrogen-bond acceptors (Lipinski definition) is 7. The zero-order valence-corrected chi connectivity index (χ0v) is 20.1. The van der Waals surface area contributed by atoms with Crippen LogP contribution in [0.1, 0.15) is 27.0 Å². The van der Waals surface area contributed by atoms with Crippen molar-refractivity contribution < 1.29 is 13.9 Å². The number of amides is 1. The molecule has 7 nitrogen and oxygen atoms in total. The van der Waals surface area contributed by atoms with Crippen LogP contribution in [0.3, 0.4) is 0 Å². The molecule has 5 rings (SSSR count).